The molecule has 5 nitrogen and oxygen atoms in total. The Morgan fingerprint density at radius 1 is 0.963 bits per heavy atom. The van der Waals surface area contributed by atoms with E-state index in [1.165, 1.54) is 17.5 Å². The Kier molecular flexibility index (Phi) is 3.57. The summed E-state index contributed by atoms with van der Waals surface area (Å²) in [5.41, 5.74) is 7.00. The summed E-state index contributed by atoms with van der Waals surface area (Å²) >= 11 is 0. The summed E-state index contributed by atoms with van der Waals surface area (Å²) in [6, 6.07) is 21.8. The lowest BCUT2D eigenvalue weighted by atomic mass is 10.0. The van der Waals surface area contributed by atoms with Gasteiger partial charge in [0.15, 0.2) is 0 Å². The van der Waals surface area contributed by atoms with Crippen LogP contribution in [0.1, 0.15) is 21.5 Å². The zero-order valence-corrected chi connectivity index (χ0v) is 14.5. The quantitative estimate of drug-likeness (QED) is 0.532. The molecule has 1 aromatic heterocycles. The van der Waals surface area contributed by atoms with Crippen molar-refractivity contribution in [2.75, 3.05) is 5.32 Å². The molecule has 5 rings (SSSR count). The number of aromatic nitrogens is 3. The average Bonchev–Trinajstić information content (AvgIpc) is 3.36. The molecule has 0 unspecified atom stereocenters. The molecule has 3 aromatic carbocycles. The first-order chi connectivity index (χ1) is 13.3. The molecule has 1 heterocycles. The highest BCUT2D eigenvalue weighted by Crippen LogP contribution is 2.38. The van der Waals surface area contributed by atoms with E-state index < -0.39 is 0 Å². The molecule has 0 saturated heterocycles. The number of fused-ring (bicyclic) bond motifs is 3. The van der Waals surface area contributed by atoms with E-state index in [0.717, 1.165) is 34.5 Å². The Hall–Kier alpha value is -3.73. The summed E-state index contributed by atoms with van der Waals surface area (Å²) in [7, 11) is 0. The van der Waals surface area contributed by atoms with E-state index in [-0.39, 0.29) is 5.91 Å². The lowest BCUT2D eigenvalue weighted by Crippen LogP contribution is -2.14. The van der Waals surface area contributed by atoms with E-state index in [1.54, 1.807) is 11.0 Å². The molecule has 4 aromatic rings. The second kappa shape index (κ2) is 6.21. The molecule has 0 aliphatic heterocycles. The molecular formula is C22H16N4O. The Morgan fingerprint density at radius 2 is 1.81 bits per heavy atom. The number of rotatable bonds is 3. The van der Waals surface area contributed by atoms with Crippen LogP contribution in [0.25, 0.3) is 16.8 Å². The second-order valence-corrected chi connectivity index (χ2v) is 6.51. The van der Waals surface area contributed by atoms with Crippen LogP contribution in [0.5, 0.6) is 0 Å². The van der Waals surface area contributed by atoms with E-state index in [0.29, 0.717) is 0 Å². The minimum atomic E-state index is -0.101. The summed E-state index contributed by atoms with van der Waals surface area (Å²) in [5.74, 6) is -0.101. The van der Waals surface area contributed by atoms with Gasteiger partial charge in [-0.15, -0.1) is 0 Å². The van der Waals surface area contributed by atoms with Gasteiger partial charge < -0.3 is 5.32 Å². The maximum absolute atomic E-state index is 13.0. The molecule has 0 spiro atoms. The molecule has 0 bridgehead atoms. The summed E-state index contributed by atoms with van der Waals surface area (Å²) in [5, 5.41) is 7.14. The van der Waals surface area contributed by atoms with Gasteiger partial charge in [-0.2, -0.15) is 5.10 Å². The fourth-order valence-electron chi connectivity index (χ4n) is 3.64. The highest BCUT2D eigenvalue weighted by Gasteiger charge is 2.23. The predicted molar refractivity (Wildman–Crippen MR) is 104 cm³/mol. The maximum Gasteiger partial charge on any atom is 0.255 e. The van der Waals surface area contributed by atoms with Crippen LogP contribution in [0, 0.1) is 0 Å². The van der Waals surface area contributed by atoms with Crippen LogP contribution in [0.2, 0.25) is 0 Å². The summed E-state index contributed by atoms with van der Waals surface area (Å²) < 4.78 is 1.66. The number of anilines is 1. The highest BCUT2D eigenvalue weighted by atomic mass is 16.1. The first kappa shape index (κ1) is 15.5. The van der Waals surface area contributed by atoms with E-state index in [9.17, 15) is 4.79 Å². The van der Waals surface area contributed by atoms with Crippen molar-refractivity contribution in [2.24, 2.45) is 0 Å². The molecule has 27 heavy (non-hydrogen) atoms. The number of carbonyl (C=O) groups excluding carboxylic acids is 1. The molecular weight excluding hydrogens is 336 g/mol. The number of amides is 1. The van der Waals surface area contributed by atoms with Gasteiger partial charge in [-0.25, -0.2) is 9.67 Å². The monoisotopic (exact) mass is 352 g/mol. The van der Waals surface area contributed by atoms with Crippen molar-refractivity contribution in [3.63, 3.8) is 0 Å². The highest BCUT2D eigenvalue weighted by molar-refractivity contribution is 6.07. The van der Waals surface area contributed by atoms with E-state index in [1.807, 2.05) is 48.5 Å². The van der Waals surface area contributed by atoms with E-state index in [4.69, 9.17) is 0 Å². The standard InChI is InChI=1S/C22H16N4O/c27-22(25-16-6-3-7-17(12-16)26-14-23-13-24-26)20-10-4-9-19-18-8-2-1-5-15(18)11-21(19)20/h1-10,12-14H,11H2,(H,25,27). The normalized spacial score (nSPS) is 11.7. The van der Waals surface area contributed by atoms with E-state index >= 15 is 0 Å². The molecule has 0 fully saturated rings. The molecule has 1 N–H and O–H groups in total. The molecule has 0 saturated carbocycles. The topological polar surface area (TPSA) is 59.8 Å². The molecule has 1 aliphatic rings. The minimum absolute atomic E-state index is 0.101. The number of nitrogens with one attached hydrogen (secondary N) is 1. The third-order valence-electron chi connectivity index (χ3n) is 4.88. The number of hydrogen-bond donors (Lipinski definition) is 1. The van der Waals surface area contributed by atoms with Crippen LogP contribution < -0.4 is 5.32 Å². The van der Waals surface area contributed by atoms with Crippen molar-refractivity contribution in [3.05, 3.63) is 96.1 Å². The van der Waals surface area contributed by atoms with Crippen LogP contribution in [-0.2, 0) is 6.42 Å². The maximum atomic E-state index is 13.0. The van der Waals surface area contributed by atoms with Gasteiger partial charge in [0.05, 0.1) is 5.69 Å². The first-order valence-electron chi connectivity index (χ1n) is 8.76. The largest absolute Gasteiger partial charge is 0.322 e. The number of carbonyl (C=O) groups is 1. The van der Waals surface area contributed by atoms with Crippen molar-refractivity contribution < 1.29 is 4.79 Å². The Balaban J connectivity index is 1.46. The van der Waals surface area contributed by atoms with Crippen molar-refractivity contribution in [3.8, 4) is 16.8 Å². The fourth-order valence-corrected chi connectivity index (χ4v) is 3.64. The zero-order chi connectivity index (χ0) is 18.2. The van der Waals surface area contributed by atoms with Gasteiger partial charge in [0, 0.05) is 11.3 Å². The smallest absolute Gasteiger partial charge is 0.255 e. The van der Waals surface area contributed by atoms with Gasteiger partial charge in [0.25, 0.3) is 5.91 Å². The zero-order valence-electron chi connectivity index (χ0n) is 14.5. The molecule has 1 aliphatic carbocycles. The van der Waals surface area contributed by atoms with Gasteiger partial charge in [-0.05, 0) is 52.9 Å². The number of nitrogens with zero attached hydrogens (tertiary/aromatic N) is 3. The predicted octanol–water partition coefficient (Wildman–Crippen LogP) is 4.09. The summed E-state index contributed by atoms with van der Waals surface area (Å²) in [4.78, 5) is 16.9. The number of benzene rings is 3. The first-order valence-corrected chi connectivity index (χ1v) is 8.76. The summed E-state index contributed by atoms with van der Waals surface area (Å²) in [6.07, 6.45) is 3.90. The van der Waals surface area contributed by atoms with Gasteiger partial charge in [-0.3, -0.25) is 4.79 Å². The Morgan fingerprint density at radius 3 is 2.70 bits per heavy atom. The summed E-state index contributed by atoms with van der Waals surface area (Å²) in [6.45, 7) is 0. The Bertz CT molecular complexity index is 1150. The molecule has 1 amide bonds. The van der Waals surface area contributed by atoms with Gasteiger partial charge in [0.1, 0.15) is 12.7 Å². The van der Waals surface area contributed by atoms with Crippen LogP contribution in [-0.4, -0.2) is 20.7 Å². The van der Waals surface area contributed by atoms with Crippen LogP contribution in [0.3, 0.4) is 0 Å². The third kappa shape index (κ3) is 2.69. The number of hydrogen-bond acceptors (Lipinski definition) is 3. The van der Waals surface area contributed by atoms with Gasteiger partial charge in [0.2, 0.25) is 0 Å². The molecule has 5 heteroatoms. The second-order valence-electron chi connectivity index (χ2n) is 6.51. The average molecular weight is 352 g/mol. The molecule has 130 valence electrons. The lowest BCUT2D eigenvalue weighted by Gasteiger charge is -2.10. The molecule has 0 radical (unpaired) electrons. The lowest BCUT2D eigenvalue weighted by molar-refractivity contribution is 0.102. The fraction of sp³-hybridized carbons (Fsp3) is 0.0455. The van der Waals surface area contributed by atoms with Crippen molar-refractivity contribution >= 4 is 11.6 Å². The SMILES string of the molecule is O=C(Nc1cccc(-n2cncn2)c1)c1cccc2c1Cc1ccccc1-2. The van der Waals surface area contributed by atoms with Crippen molar-refractivity contribution in [1.29, 1.82) is 0 Å². The third-order valence-corrected chi connectivity index (χ3v) is 4.88. The van der Waals surface area contributed by atoms with Crippen molar-refractivity contribution in [1.82, 2.24) is 14.8 Å². The van der Waals surface area contributed by atoms with Gasteiger partial charge >= 0.3 is 0 Å². The van der Waals surface area contributed by atoms with Crippen LogP contribution in [0.15, 0.2) is 79.4 Å². The van der Waals surface area contributed by atoms with Crippen LogP contribution >= 0.6 is 0 Å². The minimum Gasteiger partial charge on any atom is -0.322 e. The van der Waals surface area contributed by atoms with Crippen LogP contribution in [0.4, 0.5) is 5.69 Å². The van der Waals surface area contributed by atoms with Crippen molar-refractivity contribution in [2.45, 2.75) is 6.42 Å². The Labute approximate surface area is 156 Å². The molecule has 0 atom stereocenters. The van der Waals surface area contributed by atoms with Gasteiger partial charge in [-0.1, -0.05) is 42.5 Å². The van der Waals surface area contributed by atoms with E-state index in [2.05, 4.69) is 33.6 Å².